The molecule has 1 N–H and O–H groups in total. The van der Waals surface area contributed by atoms with E-state index in [9.17, 15) is 8.42 Å². The van der Waals surface area contributed by atoms with Gasteiger partial charge in [-0.3, -0.25) is 0 Å². The highest BCUT2D eigenvalue weighted by Gasteiger charge is 2.22. The van der Waals surface area contributed by atoms with E-state index in [1.165, 1.54) is 11.3 Å². The average Bonchev–Trinajstić information content (AvgIpc) is 3.16. The summed E-state index contributed by atoms with van der Waals surface area (Å²) in [4.78, 5) is 0.833. The van der Waals surface area contributed by atoms with Crippen LogP contribution in [0, 0.1) is 6.92 Å². The van der Waals surface area contributed by atoms with E-state index in [0.717, 1.165) is 5.56 Å². The lowest BCUT2D eigenvalue weighted by Crippen LogP contribution is -2.12. The highest BCUT2D eigenvalue weighted by molar-refractivity contribution is 9.10. The predicted octanol–water partition coefficient (Wildman–Crippen LogP) is 4.78. The lowest BCUT2D eigenvalue weighted by molar-refractivity contribution is 0.430. The zero-order valence-corrected chi connectivity index (χ0v) is 15.8. The Kier molecular flexibility index (Phi) is 4.88. The summed E-state index contributed by atoms with van der Waals surface area (Å²) < 4.78 is 33.1. The Morgan fingerprint density at radius 3 is 2.62 bits per heavy atom. The first kappa shape index (κ1) is 16.9. The Bertz CT molecular complexity index is 976. The van der Waals surface area contributed by atoms with Crippen LogP contribution < -0.4 is 4.72 Å². The summed E-state index contributed by atoms with van der Waals surface area (Å²) in [5.74, 6) is 0.0664. The number of aryl methyl sites for hydroxylation is 1. The fraction of sp³-hybridized carbons (Fsp3) is 0.0625. The second-order valence-corrected chi connectivity index (χ2v) is 8.30. The maximum Gasteiger partial charge on any atom is 0.265 e. The summed E-state index contributed by atoms with van der Waals surface area (Å²) in [6.07, 6.45) is 3.66. The molecule has 0 saturated carbocycles. The third-order valence-corrected chi connectivity index (χ3v) is 6.53. The molecule has 0 aliphatic carbocycles. The Hall–Kier alpha value is -1.90. The van der Waals surface area contributed by atoms with Crippen LogP contribution in [0.15, 0.2) is 55.7 Å². The number of thiophene rings is 1. The minimum Gasteiger partial charge on any atom is -0.336 e. The van der Waals surface area contributed by atoms with E-state index in [0.29, 0.717) is 15.0 Å². The molecule has 0 unspecified atom stereocenters. The summed E-state index contributed by atoms with van der Waals surface area (Å²) in [6.45, 7) is 1.71. The molecule has 0 atom stereocenters. The minimum absolute atomic E-state index is 0.0664. The van der Waals surface area contributed by atoms with Gasteiger partial charge in [0.05, 0.1) is 5.69 Å². The Labute approximate surface area is 152 Å². The fourth-order valence-electron chi connectivity index (χ4n) is 1.99. The van der Waals surface area contributed by atoms with Crippen molar-refractivity contribution in [3.8, 4) is 0 Å². The van der Waals surface area contributed by atoms with E-state index in [1.807, 2.05) is 36.4 Å². The first-order valence-corrected chi connectivity index (χ1v) is 10.1. The number of nitrogens with one attached hydrogen (secondary N) is 1. The number of sulfonamides is 1. The van der Waals surface area contributed by atoms with E-state index < -0.39 is 10.0 Å². The topological polar surface area (TPSA) is 72.2 Å². The summed E-state index contributed by atoms with van der Waals surface area (Å²) in [6, 6.07) is 11.2. The average molecular weight is 425 g/mol. The SMILES string of the molecule is Cc1noc(NS(=O)(=O)c2ccsc2C=Cc2ccccc2)c1Br. The molecule has 2 heterocycles. The predicted molar refractivity (Wildman–Crippen MR) is 99.4 cm³/mol. The van der Waals surface area contributed by atoms with Crippen LogP contribution in [0.5, 0.6) is 0 Å². The molecule has 3 aromatic rings. The number of benzene rings is 1. The van der Waals surface area contributed by atoms with Crippen LogP contribution in [0.3, 0.4) is 0 Å². The highest BCUT2D eigenvalue weighted by atomic mass is 79.9. The van der Waals surface area contributed by atoms with Crippen LogP contribution in [0.2, 0.25) is 0 Å². The van der Waals surface area contributed by atoms with E-state index in [2.05, 4.69) is 25.8 Å². The van der Waals surface area contributed by atoms with Crippen LogP contribution in [0.25, 0.3) is 12.2 Å². The Morgan fingerprint density at radius 1 is 1.21 bits per heavy atom. The monoisotopic (exact) mass is 424 g/mol. The summed E-state index contributed by atoms with van der Waals surface area (Å²) in [5, 5.41) is 5.46. The van der Waals surface area contributed by atoms with Crippen LogP contribution in [0.4, 0.5) is 5.88 Å². The maximum absolute atomic E-state index is 12.6. The molecule has 8 heteroatoms. The fourth-order valence-corrected chi connectivity index (χ4v) is 4.68. The second kappa shape index (κ2) is 6.92. The molecule has 0 fully saturated rings. The summed E-state index contributed by atoms with van der Waals surface area (Å²) in [7, 11) is -3.77. The molecule has 24 heavy (non-hydrogen) atoms. The number of halogens is 1. The lowest BCUT2D eigenvalue weighted by Gasteiger charge is -2.04. The Balaban J connectivity index is 1.89. The first-order chi connectivity index (χ1) is 11.5. The van der Waals surface area contributed by atoms with E-state index in [-0.39, 0.29) is 10.8 Å². The molecule has 0 aliphatic heterocycles. The van der Waals surface area contributed by atoms with Crippen LogP contribution in [-0.2, 0) is 10.0 Å². The molecular formula is C16H13BrN2O3S2. The van der Waals surface area contributed by atoms with Gasteiger partial charge >= 0.3 is 0 Å². The minimum atomic E-state index is -3.77. The van der Waals surface area contributed by atoms with Crippen molar-refractivity contribution in [1.29, 1.82) is 0 Å². The van der Waals surface area contributed by atoms with E-state index in [4.69, 9.17) is 4.52 Å². The van der Waals surface area contributed by atoms with Gasteiger partial charge in [0.2, 0.25) is 0 Å². The Morgan fingerprint density at radius 2 is 1.96 bits per heavy atom. The number of nitrogens with zero attached hydrogens (tertiary/aromatic N) is 1. The van der Waals surface area contributed by atoms with E-state index >= 15 is 0 Å². The number of hydrogen-bond donors (Lipinski definition) is 1. The van der Waals surface area contributed by atoms with Crippen molar-refractivity contribution in [2.75, 3.05) is 4.72 Å². The van der Waals surface area contributed by atoms with Gasteiger partial charge in [0.25, 0.3) is 15.9 Å². The molecule has 1 aromatic carbocycles. The van der Waals surface area contributed by atoms with Gasteiger partial charge < -0.3 is 4.52 Å². The number of aromatic nitrogens is 1. The summed E-state index contributed by atoms with van der Waals surface area (Å²) >= 11 is 4.60. The molecule has 0 spiro atoms. The van der Waals surface area contributed by atoms with Crippen molar-refractivity contribution in [1.82, 2.24) is 5.16 Å². The normalized spacial score (nSPS) is 11.9. The lowest BCUT2D eigenvalue weighted by atomic mass is 10.2. The molecule has 0 amide bonds. The van der Waals surface area contributed by atoms with Crippen molar-refractivity contribution in [3.05, 3.63) is 62.4 Å². The highest BCUT2D eigenvalue weighted by Crippen LogP contribution is 2.30. The zero-order chi connectivity index (χ0) is 17.2. The standard InChI is InChI=1S/C16H13BrN2O3S2/c1-11-15(17)16(22-18-11)19-24(20,21)14-9-10-23-13(14)8-7-12-5-3-2-4-6-12/h2-10,19H,1H3. The molecule has 2 aromatic heterocycles. The third-order valence-electron chi connectivity index (χ3n) is 3.19. The van der Waals surface area contributed by atoms with Crippen molar-refractivity contribution < 1.29 is 12.9 Å². The second-order valence-electron chi connectivity index (χ2n) is 4.91. The quantitative estimate of drug-likeness (QED) is 0.639. The largest absolute Gasteiger partial charge is 0.336 e. The van der Waals surface area contributed by atoms with E-state index in [1.54, 1.807) is 24.4 Å². The van der Waals surface area contributed by atoms with Crippen molar-refractivity contribution in [2.24, 2.45) is 0 Å². The molecular weight excluding hydrogens is 412 g/mol. The summed E-state index contributed by atoms with van der Waals surface area (Å²) in [5.41, 5.74) is 1.57. The zero-order valence-electron chi connectivity index (χ0n) is 12.6. The van der Waals surface area contributed by atoms with Crippen LogP contribution in [0.1, 0.15) is 16.1 Å². The van der Waals surface area contributed by atoms with Crippen molar-refractivity contribution in [2.45, 2.75) is 11.8 Å². The molecule has 0 aliphatic rings. The van der Waals surface area contributed by atoms with Gasteiger partial charge in [-0.05, 0) is 45.9 Å². The maximum atomic E-state index is 12.6. The molecule has 3 rings (SSSR count). The number of hydrogen-bond acceptors (Lipinski definition) is 5. The smallest absolute Gasteiger partial charge is 0.265 e. The van der Waals surface area contributed by atoms with Gasteiger partial charge in [-0.2, -0.15) is 0 Å². The molecule has 5 nitrogen and oxygen atoms in total. The van der Waals surface area contributed by atoms with Crippen molar-refractivity contribution >= 4 is 55.3 Å². The molecule has 0 saturated heterocycles. The van der Waals surface area contributed by atoms with Gasteiger partial charge in [-0.15, -0.1) is 11.3 Å². The van der Waals surface area contributed by atoms with Crippen molar-refractivity contribution in [3.63, 3.8) is 0 Å². The molecule has 0 radical (unpaired) electrons. The van der Waals surface area contributed by atoms with Gasteiger partial charge in [-0.1, -0.05) is 41.6 Å². The molecule has 124 valence electrons. The van der Waals surface area contributed by atoms with Gasteiger partial charge in [-0.25, -0.2) is 13.1 Å². The number of anilines is 1. The van der Waals surface area contributed by atoms with Gasteiger partial charge in [0.15, 0.2) is 0 Å². The van der Waals surface area contributed by atoms with Crippen LogP contribution >= 0.6 is 27.3 Å². The number of rotatable bonds is 5. The van der Waals surface area contributed by atoms with Crippen LogP contribution in [-0.4, -0.2) is 13.6 Å². The molecule has 0 bridgehead atoms. The first-order valence-electron chi connectivity index (χ1n) is 6.92. The van der Waals surface area contributed by atoms with Gasteiger partial charge in [0, 0.05) is 4.88 Å². The third kappa shape index (κ3) is 3.61. The van der Waals surface area contributed by atoms with Gasteiger partial charge in [0.1, 0.15) is 9.37 Å².